The lowest BCUT2D eigenvalue weighted by atomic mass is 10.2. The summed E-state index contributed by atoms with van der Waals surface area (Å²) in [7, 11) is -2.47. The fourth-order valence-corrected chi connectivity index (χ4v) is 3.74. The van der Waals surface area contributed by atoms with Crippen molar-refractivity contribution in [1.29, 1.82) is 0 Å². The van der Waals surface area contributed by atoms with E-state index in [1.54, 1.807) is 12.1 Å². The van der Waals surface area contributed by atoms with Crippen molar-refractivity contribution < 1.29 is 22.7 Å². The molecule has 0 saturated carbocycles. The summed E-state index contributed by atoms with van der Waals surface area (Å²) in [6, 6.07) is 4.80. The molecule has 1 aromatic carbocycles. The number of ether oxygens (including phenoxy) is 2. The van der Waals surface area contributed by atoms with Gasteiger partial charge in [0.15, 0.2) is 0 Å². The van der Waals surface area contributed by atoms with Gasteiger partial charge in [-0.1, -0.05) is 6.92 Å². The Labute approximate surface area is 124 Å². The summed E-state index contributed by atoms with van der Waals surface area (Å²) in [5, 5.41) is 0. The van der Waals surface area contributed by atoms with E-state index in [4.69, 9.17) is 4.74 Å². The van der Waals surface area contributed by atoms with Gasteiger partial charge in [-0.05, 0) is 30.2 Å². The molecule has 116 valence electrons. The summed E-state index contributed by atoms with van der Waals surface area (Å²) in [5.74, 6) is 0.153. The molecule has 0 bridgehead atoms. The van der Waals surface area contributed by atoms with Gasteiger partial charge in [0.25, 0.3) is 0 Å². The van der Waals surface area contributed by atoms with E-state index < -0.39 is 16.0 Å². The zero-order valence-electron chi connectivity index (χ0n) is 12.2. The third-order valence-corrected chi connectivity index (χ3v) is 5.15. The van der Waals surface area contributed by atoms with Gasteiger partial charge in [0.05, 0.1) is 18.6 Å². The summed E-state index contributed by atoms with van der Waals surface area (Å²) in [6.07, 6.45) is 1.31. The van der Waals surface area contributed by atoms with E-state index in [1.807, 2.05) is 6.92 Å². The Morgan fingerprint density at radius 2 is 2.19 bits per heavy atom. The lowest BCUT2D eigenvalue weighted by Crippen LogP contribution is -2.36. The van der Waals surface area contributed by atoms with Crippen LogP contribution >= 0.6 is 0 Å². The predicted octanol–water partition coefficient (Wildman–Crippen LogP) is 1.20. The molecule has 1 aromatic rings. The van der Waals surface area contributed by atoms with Crippen LogP contribution in [0.2, 0.25) is 0 Å². The number of sulfonamides is 1. The molecule has 0 amide bonds. The maximum absolute atomic E-state index is 12.7. The third kappa shape index (κ3) is 3.36. The van der Waals surface area contributed by atoms with Gasteiger partial charge >= 0.3 is 5.97 Å². The number of hydrogen-bond acceptors (Lipinski definition) is 5. The van der Waals surface area contributed by atoms with E-state index in [1.165, 1.54) is 13.2 Å². The maximum atomic E-state index is 12.7. The Balaban J connectivity index is 2.31. The van der Waals surface area contributed by atoms with Gasteiger partial charge in [-0.3, -0.25) is 4.79 Å². The molecule has 7 heteroatoms. The first kappa shape index (κ1) is 15.8. The molecular formula is C14H19NO5S. The Hall–Kier alpha value is -1.60. The number of carbonyl (C=O) groups excluding carboxylic acids is 1. The highest BCUT2D eigenvalue weighted by Crippen LogP contribution is 2.28. The Bertz CT molecular complexity index is 626. The van der Waals surface area contributed by atoms with Crippen molar-refractivity contribution >= 4 is 16.0 Å². The highest BCUT2D eigenvalue weighted by molar-refractivity contribution is 7.89. The van der Waals surface area contributed by atoms with Crippen LogP contribution in [0, 0.1) is 0 Å². The van der Waals surface area contributed by atoms with Gasteiger partial charge < -0.3 is 9.47 Å². The van der Waals surface area contributed by atoms with Crippen LogP contribution in [0.1, 0.15) is 18.9 Å². The summed E-state index contributed by atoms with van der Waals surface area (Å²) in [4.78, 5) is 11.6. The van der Waals surface area contributed by atoms with Crippen molar-refractivity contribution in [1.82, 2.24) is 4.31 Å². The van der Waals surface area contributed by atoms with Gasteiger partial charge in [0.1, 0.15) is 12.3 Å². The summed E-state index contributed by atoms with van der Waals surface area (Å²) in [5.41, 5.74) is 0.880. The van der Waals surface area contributed by atoms with E-state index in [-0.39, 0.29) is 18.0 Å². The van der Waals surface area contributed by atoms with Crippen LogP contribution in [0.15, 0.2) is 23.1 Å². The Morgan fingerprint density at radius 1 is 1.43 bits per heavy atom. The average molecular weight is 313 g/mol. The second kappa shape index (κ2) is 6.44. The average Bonchev–Trinajstić information content (AvgIpc) is 2.93. The second-order valence-electron chi connectivity index (χ2n) is 4.78. The molecule has 2 rings (SSSR count). The zero-order valence-corrected chi connectivity index (χ0v) is 13.0. The van der Waals surface area contributed by atoms with E-state index in [0.717, 1.165) is 15.6 Å². The molecule has 0 unspecified atom stereocenters. The molecule has 1 heterocycles. The van der Waals surface area contributed by atoms with Crippen LogP contribution in [0.5, 0.6) is 5.75 Å². The Morgan fingerprint density at radius 3 is 2.86 bits per heavy atom. The van der Waals surface area contributed by atoms with E-state index in [0.29, 0.717) is 19.4 Å². The molecule has 0 saturated heterocycles. The van der Waals surface area contributed by atoms with Crippen molar-refractivity contribution in [2.24, 2.45) is 0 Å². The van der Waals surface area contributed by atoms with Crippen molar-refractivity contribution in [2.45, 2.75) is 24.7 Å². The number of rotatable bonds is 6. The molecule has 0 radical (unpaired) electrons. The van der Waals surface area contributed by atoms with Gasteiger partial charge in [-0.2, -0.15) is 4.31 Å². The highest BCUT2D eigenvalue weighted by atomic mass is 32.2. The normalized spacial score (nSPS) is 13.9. The lowest BCUT2D eigenvalue weighted by Gasteiger charge is -2.20. The number of nitrogens with zero attached hydrogens (tertiary/aromatic N) is 1. The summed E-state index contributed by atoms with van der Waals surface area (Å²) >= 11 is 0. The molecule has 21 heavy (non-hydrogen) atoms. The van der Waals surface area contributed by atoms with Gasteiger partial charge in [-0.25, -0.2) is 8.42 Å². The largest absolute Gasteiger partial charge is 0.493 e. The number of methoxy groups -OCH3 is 1. The minimum Gasteiger partial charge on any atom is -0.493 e. The minimum atomic E-state index is -3.71. The second-order valence-corrected chi connectivity index (χ2v) is 6.72. The number of esters is 1. The summed E-state index contributed by atoms with van der Waals surface area (Å²) < 4.78 is 36.4. The number of carbonyl (C=O) groups is 1. The van der Waals surface area contributed by atoms with Gasteiger partial charge in [0, 0.05) is 13.0 Å². The fourth-order valence-electron chi connectivity index (χ4n) is 2.21. The van der Waals surface area contributed by atoms with Crippen LogP contribution in [0.25, 0.3) is 0 Å². The smallest absolute Gasteiger partial charge is 0.321 e. The lowest BCUT2D eigenvalue weighted by molar-refractivity contribution is -0.140. The molecular weight excluding hydrogens is 294 g/mol. The summed E-state index contributed by atoms with van der Waals surface area (Å²) in [6.45, 7) is 2.42. The molecule has 1 aliphatic rings. The van der Waals surface area contributed by atoms with E-state index in [9.17, 15) is 13.2 Å². The monoisotopic (exact) mass is 313 g/mol. The minimum absolute atomic E-state index is 0.184. The van der Waals surface area contributed by atoms with E-state index in [2.05, 4.69) is 4.74 Å². The van der Waals surface area contributed by atoms with Gasteiger partial charge in [-0.15, -0.1) is 0 Å². The van der Waals surface area contributed by atoms with Crippen molar-refractivity contribution in [3.05, 3.63) is 23.8 Å². The fraction of sp³-hybridized carbons (Fsp3) is 0.500. The first-order valence-electron chi connectivity index (χ1n) is 6.81. The zero-order chi connectivity index (χ0) is 15.5. The first-order chi connectivity index (χ1) is 9.98. The van der Waals surface area contributed by atoms with Crippen LogP contribution < -0.4 is 4.74 Å². The van der Waals surface area contributed by atoms with Crippen LogP contribution in [-0.2, 0) is 26.0 Å². The highest BCUT2D eigenvalue weighted by Gasteiger charge is 2.27. The molecule has 0 spiro atoms. The van der Waals surface area contributed by atoms with Crippen LogP contribution in [0.4, 0.5) is 0 Å². The maximum Gasteiger partial charge on any atom is 0.321 e. The SMILES string of the molecule is CCCN(CC(=O)OC)S(=O)(=O)c1ccc2c(c1)CCO2. The first-order valence-corrected chi connectivity index (χ1v) is 8.25. The molecule has 0 aromatic heterocycles. The standard InChI is InChI=1S/C14H19NO5S/c1-3-7-15(10-14(16)19-2)21(17,18)12-4-5-13-11(9-12)6-8-20-13/h4-5,9H,3,6-8,10H2,1-2H3. The van der Waals surface area contributed by atoms with Crippen LogP contribution in [0.3, 0.4) is 0 Å². The topological polar surface area (TPSA) is 72.9 Å². The quantitative estimate of drug-likeness (QED) is 0.738. The molecule has 1 aliphatic heterocycles. The van der Waals surface area contributed by atoms with Crippen molar-refractivity contribution in [3.8, 4) is 5.75 Å². The van der Waals surface area contributed by atoms with Crippen LogP contribution in [-0.4, -0.2) is 45.5 Å². The number of benzene rings is 1. The predicted molar refractivity (Wildman–Crippen MR) is 76.7 cm³/mol. The van der Waals surface area contributed by atoms with Crippen molar-refractivity contribution in [3.63, 3.8) is 0 Å². The van der Waals surface area contributed by atoms with E-state index >= 15 is 0 Å². The Kier molecular flexibility index (Phi) is 4.84. The van der Waals surface area contributed by atoms with Crippen molar-refractivity contribution in [2.75, 3.05) is 26.8 Å². The number of fused-ring (bicyclic) bond motifs is 1. The third-order valence-electron chi connectivity index (χ3n) is 3.30. The molecule has 0 atom stereocenters. The number of hydrogen-bond donors (Lipinski definition) is 0. The molecule has 0 N–H and O–H groups in total. The van der Waals surface area contributed by atoms with Gasteiger partial charge in [0.2, 0.25) is 10.0 Å². The molecule has 6 nitrogen and oxygen atoms in total. The molecule has 0 fully saturated rings. The molecule has 0 aliphatic carbocycles.